The van der Waals surface area contributed by atoms with Gasteiger partial charge in [0.1, 0.15) is 11.6 Å². The van der Waals surface area contributed by atoms with E-state index in [1.165, 1.54) is 6.07 Å². The summed E-state index contributed by atoms with van der Waals surface area (Å²) in [6.07, 6.45) is 0.585. The van der Waals surface area contributed by atoms with Crippen LogP contribution in [0.3, 0.4) is 0 Å². The predicted molar refractivity (Wildman–Crippen MR) is 59.1 cm³/mol. The number of rotatable bonds is 5. The zero-order valence-corrected chi connectivity index (χ0v) is 9.50. The molecule has 4 heteroatoms. The van der Waals surface area contributed by atoms with Crippen molar-refractivity contribution >= 4 is 0 Å². The number of benzene rings is 1. The van der Waals surface area contributed by atoms with Crippen LogP contribution in [0.15, 0.2) is 18.2 Å². The molecule has 0 aliphatic heterocycles. The van der Waals surface area contributed by atoms with Gasteiger partial charge in [0.2, 0.25) is 0 Å². The summed E-state index contributed by atoms with van der Waals surface area (Å²) in [6, 6.07) is 3.20. The van der Waals surface area contributed by atoms with Crippen LogP contribution >= 0.6 is 0 Å². The first-order valence-corrected chi connectivity index (χ1v) is 5.36. The minimum absolute atomic E-state index is 0.0580. The van der Waals surface area contributed by atoms with Crippen molar-refractivity contribution in [2.75, 3.05) is 6.61 Å². The zero-order chi connectivity index (χ0) is 12.1. The quantitative estimate of drug-likeness (QED) is 0.812. The molecular formula is C12H17F2NO. The third kappa shape index (κ3) is 3.54. The lowest BCUT2D eigenvalue weighted by atomic mass is 10.1. The van der Waals surface area contributed by atoms with E-state index in [2.05, 4.69) is 5.32 Å². The number of hydrogen-bond donors (Lipinski definition) is 2. The van der Waals surface area contributed by atoms with E-state index in [1.54, 1.807) is 6.92 Å². The van der Waals surface area contributed by atoms with Gasteiger partial charge in [-0.3, -0.25) is 0 Å². The highest BCUT2D eigenvalue weighted by molar-refractivity contribution is 5.21. The van der Waals surface area contributed by atoms with Crippen molar-refractivity contribution < 1.29 is 13.9 Å². The van der Waals surface area contributed by atoms with Gasteiger partial charge in [0.15, 0.2) is 0 Å². The molecule has 0 aliphatic rings. The van der Waals surface area contributed by atoms with Gasteiger partial charge in [-0.2, -0.15) is 0 Å². The molecule has 0 radical (unpaired) electrons. The van der Waals surface area contributed by atoms with Crippen LogP contribution in [0.1, 0.15) is 31.9 Å². The largest absolute Gasteiger partial charge is 0.396 e. The van der Waals surface area contributed by atoms with E-state index in [-0.39, 0.29) is 18.7 Å². The van der Waals surface area contributed by atoms with Crippen molar-refractivity contribution in [3.63, 3.8) is 0 Å². The summed E-state index contributed by atoms with van der Waals surface area (Å²) in [5.74, 6) is -0.863. The third-order valence-corrected chi connectivity index (χ3v) is 2.52. The van der Waals surface area contributed by atoms with Gasteiger partial charge in [0.25, 0.3) is 0 Å². The number of hydrogen-bond acceptors (Lipinski definition) is 2. The van der Waals surface area contributed by atoms with Crippen LogP contribution < -0.4 is 5.32 Å². The summed E-state index contributed by atoms with van der Waals surface area (Å²) >= 11 is 0. The fourth-order valence-electron chi connectivity index (χ4n) is 1.64. The molecule has 0 saturated carbocycles. The highest BCUT2D eigenvalue weighted by Gasteiger charge is 2.13. The van der Waals surface area contributed by atoms with Crippen molar-refractivity contribution in [1.29, 1.82) is 0 Å². The minimum atomic E-state index is -0.445. The highest BCUT2D eigenvalue weighted by atomic mass is 19.1. The summed E-state index contributed by atoms with van der Waals surface area (Å²) in [6.45, 7) is 3.74. The van der Waals surface area contributed by atoms with Crippen LogP contribution in [0.4, 0.5) is 8.78 Å². The Kier molecular flexibility index (Phi) is 4.83. The van der Waals surface area contributed by atoms with E-state index < -0.39 is 11.6 Å². The van der Waals surface area contributed by atoms with Crippen LogP contribution in [-0.2, 0) is 0 Å². The Hall–Kier alpha value is -1.00. The first-order valence-electron chi connectivity index (χ1n) is 5.36. The molecule has 0 aliphatic carbocycles. The second-order valence-electron chi connectivity index (χ2n) is 3.97. The molecule has 1 rings (SSSR count). The first kappa shape index (κ1) is 13.1. The minimum Gasteiger partial charge on any atom is -0.396 e. The molecule has 0 amide bonds. The molecule has 2 N–H and O–H groups in total. The second kappa shape index (κ2) is 5.92. The zero-order valence-electron chi connectivity index (χ0n) is 9.50. The Morgan fingerprint density at radius 2 is 2.00 bits per heavy atom. The van der Waals surface area contributed by atoms with Gasteiger partial charge in [-0.15, -0.1) is 0 Å². The lowest BCUT2D eigenvalue weighted by Gasteiger charge is -2.20. The number of aliphatic hydroxyl groups excluding tert-OH is 1. The number of nitrogens with one attached hydrogen (secondary N) is 1. The molecule has 0 bridgehead atoms. The van der Waals surface area contributed by atoms with Crippen molar-refractivity contribution in [3.8, 4) is 0 Å². The van der Waals surface area contributed by atoms with Crippen molar-refractivity contribution in [2.45, 2.75) is 32.4 Å². The molecule has 0 aromatic heterocycles. The van der Waals surface area contributed by atoms with Crippen molar-refractivity contribution in [1.82, 2.24) is 5.32 Å². The van der Waals surface area contributed by atoms with Gasteiger partial charge in [-0.05, 0) is 38.5 Å². The molecular weight excluding hydrogens is 212 g/mol. The Bertz CT molecular complexity index is 344. The van der Waals surface area contributed by atoms with Crippen molar-refractivity contribution in [2.24, 2.45) is 0 Å². The number of halogens is 2. The maximum atomic E-state index is 13.4. The first-order chi connectivity index (χ1) is 7.54. The van der Waals surface area contributed by atoms with E-state index in [9.17, 15) is 8.78 Å². The molecule has 0 heterocycles. The predicted octanol–water partition coefficient (Wildman–Crippen LogP) is 2.39. The van der Waals surface area contributed by atoms with Gasteiger partial charge in [0.05, 0.1) is 0 Å². The van der Waals surface area contributed by atoms with Gasteiger partial charge in [-0.25, -0.2) is 8.78 Å². The molecule has 0 fully saturated rings. The maximum absolute atomic E-state index is 13.4. The second-order valence-corrected chi connectivity index (χ2v) is 3.97. The van der Waals surface area contributed by atoms with Gasteiger partial charge in [-0.1, -0.05) is 0 Å². The standard InChI is InChI=1S/C12H17F2NO/c1-8(5-6-16)15-9(2)11-7-10(13)3-4-12(11)14/h3-4,7-9,15-16H,5-6H2,1-2H3. The molecule has 90 valence electrons. The summed E-state index contributed by atoms with van der Waals surface area (Å²) in [5.41, 5.74) is 0.310. The summed E-state index contributed by atoms with van der Waals surface area (Å²) in [4.78, 5) is 0. The average Bonchev–Trinajstić information content (AvgIpc) is 2.21. The summed E-state index contributed by atoms with van der Waals surface area (Å²) in [7, 11) is 0. The topological polar surface area (TPSA) is 32.3 Å². The van der Waals surface area contributed by atoms with E-state index in [1.807, 2.05) is 6.92 Å². The monoisotopic (exact) mass is 229 g/mol. The lowest BCUT2D eigenvalue weighted by molar-refractivity contribution is 0.264. The van der Waals surface area contributed by atoms with E-state index in [0.717, 1.165) is 12.1 Å². The molecule has 1 aromatic carbocycles. The lowest BCUT2D eigenvalue weighted by Crippen LogP contribution is -2.30. The molecule has 2 nitrogen and oxygen atoms in total. The van der Waals surface area contributed by atoms with Crippen molar-refractivity contribution in [3.05, 3.63) is 35.4 Å². The third-order valence-electron chi connectivity index (χ3n) is 2.52. The number of aliphatic hydroxyl groups is 1. The molecule has 1 aromatic rings. The Morgan fingerprint density at radius 1 is 1.31 bits per heavy atom. The smallest absolute Gasteiger partial charge is 0.128 e. The normalized spacial score (nSPS) is 14.8. The van der Waals surface area contributed by atoms with Crippen LogP contribution in [0.5, 0.6) is 0 Å². The maximum Gasteiger partial charge on any atom is 0.128 e. The average molecular weight is 229 g/mol. The van der Waals surface area contributed by atoms with Crippen LogP contribution in [-0.4, -0.2) is 17.8 Å². The van der Waals surface area contributed by atoms with Crippen LogP contribution in [0.2, 0.25) is 0 Å². The summed E-state index contributed by atoms with van der Waals surface area (Å²) in [5, 5.41) is 11.8. The SMILES string of the molecule is CC(CCO)NC(C)c1cc(F)ccc1F. The van der Waals surface area contributed by atoms with Gasteiger partial charge < -0.3 is 10.4 Å². The molecule has 0 spiro atoms. The Balaban J connectivity index is 2.72. The fraction of sp³-hybridized carbons (Fsp3) is 0.500. The fourth-order valence-corrected chi connectivity index (χ4v) is 1.64. The molecule has 2 atom stereocenters. The van der Waals surface area contributed by atoms with Crippen LogP contribution in [0, 0.1) is 11.6 Å². The molecule has 0 saturated heterocycles. The van der Waals surface area contributed by atoms with Gasteiger partial charge >= 0.3 is 0 Å². The van der Waals surface area contributed by atoms with E-state index in [0.29, 0.717) is 12.0 Å². The van der Waals surface area contributed by atoms with Gasteiger partial charge in [0, 0.05) is 24.3 Å². The Morgan fingerprint density at radius 3 is 2.62 bits per heavy atom. The van der Waals surface area contributed by atoms with Crippen LogP contribution in [0.25, 0.3) is 0 Å². The Labute approximate surface area is 94.3 Å². The highest BCUT2D eigenvalue weighted by Crippen LogP contribution is 2.18. The summed E-state index contributed by atoms with van der Waals surface area (Å²) < 4.78 is 26.4. The molecule has 2 unspecified atom stereocenters. The van der Waals surface area contributed by atoms with E-state index >= 15 is 0 Å². The van der Waals surface area contributed by atoms with E-state index in [4.69, 9.17) is 5.11 Å². The molecule has 16 heavy (non-hydrogen) atoms.